The molecular weight excluding hydrogens is 208 g/mol. The summed E-state index contributed by atoms with van der Waals surface area (Å²) in [4.78, 5) is 2.41. The van der Waals surface area contributed by atoms with Gasteiger partial charge in [-0.15, -0.1) is 0 Å². The molecule has 1 aromatic rings. The van der Waals surface area contributed by atoms with E-state index in [1.165, 1.54) is 23.2 Å². The summed E-state index contributed by atoms with van der Waals surface area (Å²) >= 11 is 0. The van der Waals surface area contributed by atoms with Gasteiger partial charge in [-0.05, 0) is 37.5 Å². The second kappa shape index (κ2) is 5.37. The van der Waals surface area contributed by atoms with E-state index in [2.05, 4.69) is 49.1 Å². The van der Waals surface area contributed by atoms with Crippen LogP contribution in [0.1, 0.15) is 38.3 Å². The number of nitrogens with zero attached hydrogens (tertiary/aromatic N) is 1. The highest BCUT2D eigenvalue weighted by molar-refractivity contribution is 5.49. The first-order chi connectivity index (χ1) is 8.20. The third kappa shape index (κ3) is 2.89. The minimum Gasteiger partial charge on any atom is -0.367 e. The highest BCUT2D eigenvalue weighted by Gasteiger charge is 2.10. The van der Waals surface area contributed by atoms with Crippen LogP contribution in [0.4, 0.5) is 5.69 Å². The molecule has 92 valence electrons. The quantitative estimate of drug-likeness (QED) is 0.808. The van der Waals surface area contributed by atoms with Crippen LogP contribution in [0.3, 0.4) is 0 Å². The SMILES string of the molecule is CC[C@@H](N)c1ccc(N2CC=C(C)CC2)cc1. The van der Waals surface area contributed by atoms with E-state index in [0.29, 0.717) is 0 Å². The Kier molecular flexibility index (Phi) is 3.85. The second-order valence-corrected chi connectivity index (χ2v) is 4.85. The third-order valence-corrected chi connectivity index (χ3v) is 3.56. The average Bonchev–Trinajstić information content (AvgIpc) is 2.39. The smallest absolute Gasteiger partial charge is 0.0369 e. The molecule has 0 unspecified atom stereocenters. The average molecular weight is 230 g/mol. The molecule has 1 heterocycles. The van der Waals surface area contributed by atoms with E-state index in [4.69, 9.17) is 5.73 Å². The molecule has 0 bridgehead atoms. The van der Waals surface area contributed by atoms with Crippen LogP contribution in [-0.2, 0) is 0 Å². The van der Waals surface area contributed by atoms with Gasteiger partial charge in [-0.2, -0.15) is 0 Å². The van der Waals surface area contributed by atoms with Crippen LogP contribution in [0, 0.1) is 0 Å². The maximum atomic E-state index is 6.02. The Labute approximate surface area is 104 Å². The molecule has 1 aromatic carbocycles. The number of nitrogens with two attached hydrogens (primary N) is 1. The summed E-state index contributed by atoms with van der Waals surface area (Å²) in [5.41, 5.74) is 10.1. The van der Waals surface area contributed by atoms with Gasteiger partial charge < -0.3 is 10.6 Å². The Morgan fingerprint density at radius 1 is 1.29 bits per heavy atom. The number of hydrogen-bond donors (Lipinski definition) is 1. The first-order valence-corrected chi connectivity index (χ1v) is 6.47. The zero-order valence-electron chi connectivity index (χ0n) is 10.8. The summed E-state index contributed by atoms with van der Waals surface area (Å²) in [7, 11) is 0. The Bertz CT molecular complexity index is 392. The van der Waals surface area contributed by atoms with Crippen molar-refractivity contribution in [1.29, 1.82) is 0 Å². The van der Waals surface area contributed by atoms with Crippen molar-refractivity contribution in [3.8, 4) is 0 Å². The van der Waals surface area contributed by atoms with E-state index in [0.717, 1.165) is 19.5 Å². The molecule has 0 amide bonds. The minimum absolute atomic E-state index is 0.174. The highest BCUT2D eigenvalue weighted by Crippen LogP contribution is 2.22. The normalized spacial score (nSPS) is 17.8. The van der Waals surface area contributed by atoms with Crippen molar-refractivity contribution >= 4 is 5.69 Å². The van der Waals surface area contributed by atoms with Gasteiger partial charge in [0.05, 0.1) is 0 Å². The molecule has 1 aliphatic rings. The molecule has 2 rings (SSSR count). The van der Waals surface area contributed by atoms with E-state index < -0.39 is 0 Å². The van der Waals surface area contributed by atoms with Gasteiger partial charge in [0.25, 0.3) is 0 Å². The van der Waals surface area contributed by atoms with Crippen LogP contribution >= 0.6 is 0 Å². The third-order valence-electron chi connectivity index (χ3n) is 3.56. The van der Waals surface area contributed by atoms with Gasteiger partial charge >= 0.3 is 0 Å². The number of anilines is 1. The molecule has 17 heavy (non-hydrogen) atoms. The van der Waals surface area contributed by atoms with E-state index in [1.54, 1.807) is 0 Å². The maximum absolute atomic E-state index is 6.02. The van der Waals surface area contributed by atoms with Gasteiger partial charge in [-0.25, -0.2) is 0 Å². The predicted octanol–water partition coefficient (Wildman–Crippen LogP) is 3.25. The van der Waals surface area contributed by atoms with Crippen molar-refractivity contribution in [3.05, 3.63) is 41.5 Å². The molecule has 0 radical (unpaired) electrons. The lowest BCUT2D eigenvalue weighted by Crippen LogP contribution is -2.28. The van der Waals surface area contributed by atoms with E-state index in [-0.39, 0.29) is 6.04 Å². The molecule has 0 aliphatic carbocycles. The molecule has 2 nitrogen and oxygen atoms in total. The standard InChI is InChI=1S/C15H22N2/c1-3-15(16)13-4-6-14(7-5-13)17-10-8-12(2)9-11-17/h4-8,15H,3,9-11,16H2,1-2H3/t15-/m1/s1. The van der Waals surface area contributed by atoms with Crippen LogP contribution in [0.15, 0.2) is 35.9 Å². The molecular formula is C15H22N2. The summed E-state index contributed by atoms with van der Waals surface area (Å²) in [5, 5.41) is 0. The molecule has 0 saturated carbocycles. The van der Waals surface area contributed by atoms with Crippen molar-refractivity contribution in [1.82, 2.24) is 0 Å². The number of rotatable bonds is 3. The van der Waals surface area contributed by atoms with Gasteiger partial charge in [0.1, 0.15) is 0 Å². The summed E-state index contributed by atoms with van der Waals surface area (Å²) in [6.45, 7) is 6.49. The fourth-order valence-electron chi connectivity index (χ4n) is 2.17. The van der Waals surface area contributed by atoms with Gasteiger partial charge in [0.15, 0.2) is 0 Å². The summed E-state index contributed by atoms with van der Waals surface area (Å²) in [6, 6.07) is 8.88. The summed E-state index contributed by atoms with van der Waals surface area (Å²) in [5.74, 6) is 0. The lowest BCUT2D eigenvalue weighted by Gasteiger charge is -2.27. The first kappa shape index (κ1) is 12.2. The Hall–Kier alpha value is -1.28. The van der Waals surface area contributed by atoms with Crippen molar-refractivity contribution in [2.45, 2.75) is 32.7 Å². The second-order valence-electron chi connectivity index (χ2n) is 4.85. The van der Waals surface area contributed by atoms with E-state index in [9.17, 15) is 0 Å². The van der Waals surface area contributed by atoms with Gasteiger partial charge in [-0.1, -0.05) is 30.7 Å². The fraction of sp³-hybridized carbons (Fsp3) is 0.467. The summed E-state index contributed by atoms with van der Waals surface area (Å²) in [6.07, 6.45) is 4.48. The molecule has 0 aromatic heterocycles. The van der Waals surface area contributed by atoms with Crippen LogP contribution in [0.25, 0.3) is 0 Å². The van der Waals surface area contributed by atoms with E-state index in [1.807, 2.05) is 0 Å². The molecule has 0 saturated heterocycles. The highest BCUT2D eigenvalue weighted by atomic mass is 15.1. The largest absolute Gasteiger partial charge is 0.367 e. The minimum atomic E-state index is 0.174. The first-order valence-electron chi connectivity index (χ1n) is 6.47. The molecule has 1 atom stereocenters. The van der Waals surface area contributed by atoms with Gasteiger partial charge in [0, 0.05) is 24.8 Å². The van der Waals surface area contributed by atoms with Crippen molar-refractivity contribution in [3.63, 3.8) is 0 Å². The Morgan fingerprint density at radius 2 is 2.00 bits per heavy atom. The lowest BCUT2D eigenvalue weighted by atomic mass is 10.0. The summed E-state index contributed by atoms with van der Waals surface area (Å²) < 4.78 is 0. The predicted molar refractivity (Wildman–Crippen MR) is 74.2 cm³/mol. The molecule has 2 heteroatoms. The van der Waals surface area contributed by atoms with Crippen molar-refractivity contribution in [2.24, 2.45) is 5.73 Å². The van der Waals surface area contributed by atoms with Crippen molar-refractivity contribution in [2.75, 3.05) is 18.0 Å². The zero-order valence-corrected chi connectivity index (χ0v) is 10.8. The molecule has 0 spiro atoms. The Balaban J connectivity index is 2.08. The topological polar surface area (TPSA) is 29.3 Å². The number of benzene rings is 1. The number of hydrogen-bond acceptors (Lipinski definition) is 2. The van der Waals surface area contributed by atoms with Crippen molar-refractivity contribution < 1.29 is 0 Å². The maximum Gasteiger partial charge on any atom is 0.0369 e. The van der Waals surface area contributed by atoms with Crippen LogP contribution < -0.4 is 10.6 Å². The fourth-order valence-corrected chi connectivity index (χ4v) is 2.17. The van der Waals surface area contributed by atoms with Crippen LogP contribution in [0.5, 0.6) is 0 Å². The lowest BCUT2D eigenvalue weighted by molar-refractivity contribution is 0.698. The molecule has 2 N–H and O–H groups in total. The van der Waals surface area contributed by atoms with Crippen LogP contribution in [0.2, 0.25) is 0 Å². The Morgan fingerprint density at radius 3 is 2.53 bits per heavy atom. The van der Waals surface area contributed by atoms with Gasteiger partial charge in [0.2, 0.25) is 0 Å². The van der Waals surface area contributed by atoms with Gasteiger partial charge in [-0.3, -0.25) is 0 Å². The van der Waals surface area contributed by atoms with E-state index >= 15 is 0 Å². The van der Waals surface area contributed by atoms with Crippen LogP contribution in [-0.4, -0.2) is 13.1 Å². The molecule has 0 fully saturated rings. The zero-order chi connectivity index (χ0) is 12.3. The molecule has 1 aliphatic heterocycles. The monoisotopic (exact) mass is 230 g/mol.